The molecule has 0 amide bonds. The summed E-state index contributed by atoms with van der Waals surface area (Å²) in [6, 6.07) is 67.5. The average Bonchev–Trinajstić information content (AvgIpc) is 3.69. The summed E-state index contributed by atoms with van der Waals surface area (Å²) in [4.78, 5) is 0. The maximum atomic E-state index is 10.3. The molecule has 2 N–H and O–H groups in total. The van der Waals surface area contributed by atoms with Crippen LogP contribution in [0.4, 0.5) is 0 Å². The number of phenolic OH excluding ortho intramolecular Hbond substituents is 2. The van der Waals surface area contributed by atoms with Gasteiger partial charge in [-0.25, -0.2) is 0 Å². The molecule has 0 aliphatic heterocycles. The van der Waals surface area contributed by atoms with E-state index in [9.17, 15) is 10.2 Å². The van der Waals surface area contributed by atoms with Gasteiger partial charge in [0.2, 0.25) is 0 Å². The molecule has 326 valence electrons. The predicted octanol–water partition coefficient (Wildman–Crippen LogP) is 14.6. The highest BCUT2D eigenvalue weighted by molar-refractivity contribution is 5.90. The van der Waals surface area contributed by atoms with E-state index >= 15 is 0 Å². The average molecular weight is 871 g/mol. The van der Waals surface area contributed by atoms with Crippen molar-refractivity contribution >= 4 is 21.5 Å². The maximum Gasteiger partial charge on any atom is 0.119 e. The van der Waals surface area contributed by atoms with Gasteiger partial charge in [-0.15, -0.1) is 0 Å². The number of allylic oxidation sites excluding steroid dienone is 5. The summed E-state index contributed by atoms with van der Waals surface area (Å²) >= 11 is 0. The number of rotatable bonds is 11. The van der Waals surface area contributed by atoms with Gasteiger partial charge in [0.25, 0.3) is 0 Å². The number of fused-ring (bicyclic) bond motifs is 6. The van der Waals surface area contributed by atoms with E-state index in [-0.39, 0.29) is 11.5 Å². The van der Waals surface area contributed by atoms with Crippen LogP contribution in [-0.2, 0) is 17.3 Å². The zero-order chi connectivity index (χ0) is 45.4. The van der Waals surface area contributed by atoms with Crippen LogP contribution in [-0.4, -0.2) is 23.4 Å². The fraction of sp³-hybridized carbons (Fsp3) is 0.111. The van der Waals surface area contributed by atoms with E-state index in [0.29, 0.717) is 13.2 Å². The quantitative estimate of drug-likeness (QED) is 0.127. The Morgan fingerprint density at radius 1 is 0.433 bits per heavy atom. The molecule has 0 fully saturated rings. The summed E-state index contributed by atoms with van der Waals surface area (Å²) in [5.41, 5.74) is 11.5. The van der Waals surface area contributed by atoms with E-state index in [1.165, 1.54) is 33.4 Å². The minimum atomic E-state index is -0.716. The normalized spacial score (nSPS) is 16.8. The Morgan fingerprint density at radius 3 is 1.51 bits per heavy atom. The fourth-order valence-electron chi connectivity index (χ4n) is 10.8. The van der Waals surface area contributed by atoms with Gasteiger partial charge in [-0.2, -0.15) is 0 Å². The zero-order valence-electron chi connectivity index (χ0n) is 37.2. The van der Waals surface area contributed by atoms with Crippen LogP contribution < -0.4 is 9.47 Å². The van der Waals surface area contributed by atoms with E-state index in [2.05, 4.69) is 176 Å². The van der Waals surface area contributed by atoms with Gasteiger partial charge >= 0.3 is 0 Å². The largest absolute Gasteiger partial charge is 0.508 e. The Kier molecular flexibility index (Phi) is 10.8. The van der Waals surface area contributed by atoms with Crippen molar-refractivity contribution in [2.45, 2.75) is 30.1 Å². The molecule has 4 nitrogen and oxygen atoms in total. The monoisotopic (exact) mass is 870 g/mol. The van der Waals surface area contributed by atoms with Gasteiger partial charge in [-0.1, -0.05) is 164 Å². The summed E-state index contributed by atoms with van der Waals surface area (Å²) in [7, 11) is 0. The van der Waals surface area contributed by atoms with E-state index in [4.69, 9.17) is 16.1 Å². The van der Waals surface area contributed by atoms with Gasteiger partial charge in [-0.3, -0.25) is 0 Å². The third kappa shape index (κ3) is 7.26. The second-order valence-electron chi connectivity index (χ2n) is 17.7. The molecular formula is C63H50O4. The topological polar surface area (TPSA) is 58.9 Å². The first-order chi connectivity index (χ1) is 32.9. The van der Waals surface area contributed by atoms with E-state index in [0.717, 1.165) is 80.1 Å². The van der Waals surface area contributed by atoms with Crippen molar-refractivity contribution in [1.82, 2.24) is 0 Å². The lowest BCUT2D eigenvalue weighted by atomic mass is 9.63. The minimum absolute atomic E-state index is 0.249. The van der Waals surface area contributed by atoms with Crippen LogP contribution in [0.15, 0.2) is 231 Å². The van der Waals surface area contributed by atoms with E-state index in [1.807, 2.05) is 30.3 Å². The molecule has 0 heterocycles. The van der Waals surface area contributed by atoms with Crippen LogP contribution in [0.5, 0.6) is 23.0 Å². The number of unbranched alkanes of at least 4 members (excludes halogenated alkanes) is 1. The summed E-state index contributed by atoms with van der Waals surface area (Å²) in [5, 5.41) is 24.6. The highest BCUT2D eigenvalue weighted by atomic mass is 16.5. The molecule has 11 rings (SSSR count). The van der Waals surface area contributed by atoms with Gasteiger partial charge in [-0.05, 0) is 163 Å². The summed E-state index contributed by atoms with van der Waals surface area (Å²) < 4.78 is 13.1. The Labute approximate surface area is 392 Å². The number of phenols is 2. The second-order valence-corrected chi connectivity index (χ2v) is 17.7. The van der Waals surface area contributed by atoms with Gasteiger partial charge in [0.05, 0.1) is 24.0 Å². The van der Waals surface area contributed by atoms with Crippen molar-refractivity contribution in [3.05, 3.63) is 275 Å². The van der Waals surface area contributed by atoms with Crippen LogP contribution >= 0.6 is 0 Å². The standard InChI is InChI=1S/C63H50O4/c1-43-15-3-2-4-16-44-17-5-8-24-59(44)62(43,51-31-27-47-39-53(64)33-29-45(47)37-51)49-18-13-20-55(41-49)66-35-11-12-36-67-56-21-14-19-50(42-56)63(52-32-28-48-40-54(65)34-30-46(48)38-52)60-25-9-6-22-57(60)58-23-7-10-26-61(58)63/h2-10,13-15,17-34,37-42,64-65H,1,11-12,16,35-36H2/b4-2-,15-3-. The lowest BCUT2D eigenvalue weighted by Crippen LogP contribution is -2.32. The van der Waals surface area contributed by atoms with Crippen molar-refractivity contribution in [1.29, 1.82) is 0 Å². The molecule has 0 saturated carbocycles. The van der Waals surface area contributed by atoms with Gasteiger partial charge in [0.15, 0.2) is 0 Å². The van der Waals surface area contributed by atoms with Crippen LogP contribution in [0.2, 0.25) is 0 Å². The number of ether oxygens (including phenoxy) is 2. The maximum absolute atomic E-state index is 10.3. The summed E-state index contributed by atoms with van der Waals surface area (Å²) in [6.07, 6.45) is 10.9. The molecule has 9 aromatic carbocycles. The molecule has 0 bridgehead atoms. The molecule has 67 heavy (non-hydrogen) atoms. The van der Waals surface area contributed by atoms with Crippen LogP contribution in [0.3, 0.4) is 0 Å². The van der Waals surface area contributed by atoms with E-state index in [1.54, 1.807) is 12.1 Å². The Morgan fingerprint density at radius 2 is 0.910 bits per heavy atom. The molecule has 0 radical (unpaired) electrons. The lowest BCUT2D eigenvalue weighted by molar-refractivity contribution is 0.266. The number of benzene rings is 9. The lowest BCUT2D eigenvalue weighted by Gasteiger charge is -2.38. The first kappa shape index (κ1) is 41.6. The first-order valence-electron chi connectivity index (χ1n) is 23.2. The van der Waals surface area contributed by atoms with Gasteiger partial charge < -0.3 is 19.7 Å². The van der Waals surface area contributed by atoms with Gasteiger partial charge in [0.1, 0.15) is 23.0 Å². The van der Waals surface area contributed by atoms with Crippen LogP contribution in [0.1, 0.15) is 57.3 Å². The van der Waals surface area contributed by atoms with Crippen molar-refractivity contribution < 1.29 is 19.7 Å². The molecule has 4 heteroatoms. The van der Waals surface area contributed by atoms with Crippen molar-refractivity contribution in [2.75, 3.05) is 13.2 Å². The number of hydrogen-bond donors (Lipinski definition) is 2. The van der Waals surface area contributed by atoms with Crippen LogP contribution in [0, 0.1) is 0 Å². The smallest absolute Gasteiger partial charge is 0.119 e. The molecule has 1 unspecified atom stereocenters. The summed E-state index contributed by atoms with van der Waals surface area (Å²) in [6.45, 7) is 5.85. The minimum Gasteiger partial charge on any atom is -0.508 e. The number of hydrogen-bond acceptors (Lipinski definition) is 4. The Bertz CT molecular complexity index is 3370. The van der Waals surface area contributed by atoms with Crippen LogP contribution in [0.25, 0.3) is 32.7 Å². The third-order valence-electron chi connectivity index (χ3n) is 13.9. The molecule has 0 aromatic heterocycles. The summed E-state index contributed by atoms with van der Waals surface area (Å²) in [5.74, 6) is 2.14. The SMILES string of the molecule is C=C1/C=C\C=C/Cc2ccccc2C1(c1cccc(OCCCCOc2cccc(C3(c4ccc5cc(O)ccc5c4)c4ccccc4-c4ccccc43)c2)c1)c1ccc2cc(O)ccc2c1. The van der Waals surface area contributed by atoms with Crippen molar-refractivity contribution in [2.24, 2.45) is 0 Å². The number of aromatic hydroxyl groups is 2. The molecule has 0 spiro atoms. The Hall–Kier alpha value is -8.08. The van der Waals surface area contributed by atoms with Crippen molar-refractivity contribution in [3.8, 4) is 34.1 Å². The molecule has 2 aliphatic carbocycles. The van der Waals surface area contributed by atoms with Gasteiger partial charge in [0, 0.05) is 0 Å². The highest BCUT2D eigenvalue weighted by Crippen LogP contribution is 2.57. The first-order valence-corrected chi connectivity index (χ1v) is 23.2. The third-order valence-corrected chi connectivity index (χ3v) is 13.9. The van der Waals surface area contributed by atoms with E-state index < -0.39 is 10.8 Å². The molecule has 1 atom stereocenters. The molecule has 2 aliphatic rings. The zero-order valence-corrected chi connectivity index (χ0v) is 37.2. The predicted molar refractivity (Wildman–Crippen MR) is 273 cm³/mol. The molecular weight excluding hydrogens is 821 g/mol. The highest BCUT2D eigenvalue weighted by Gasteiger charge is 2.46. The second kappa shape index (κ2) is 17.4. The molecule has 9 aromatic rings. The Balaban J connectivity index is 0.849. The molecule has 0 saturated heterocycles. The van der Waals surface area contributed by atoms with Crippen molar-refractivity contribution in [3.63, 3.8) is 0 Å². The fourth-order valence-corrected chi connectivity index (χ4v) is 10.8.